The molecule has 386 valence electrons. The lowest BCUT2D eigenvalue weighted by molar-refractivity contribution is -0.167. The molecular formula is C61H106O6. The Balaban J connectivity index is 4.46. The minimum absolute atomic E-state index is 0.0947. The monoisotopic (exact) mass is 935 g/mol. The Morgan fingerprint density at radius 3 is 0.896 bits per heavy atom. The van der Waals surface area contributed by atoms with Crippen molar-refractivity contribution in [2.24, 2.45) is 0 Å². The Labute approximate surface area is 414 Å². The van der Waals surface area contributed by atoms with Gasteiger partial charge in [0.15, 0.2) is 6.10 Å². The lowest BCUT2D eigenvalue weighted by atomic mass is 10.0. The molecule has 0 saturated heterocycles. The first-order chi connectivity index (χ1) is 33.0. The summed E-state index contributed by atoms with van der Waals surface area (Å²) in [5, 5.41) is 0. The van der Waals surface area contributed by atoms with Gasteiger partial charge in [0.05, 0.1) is 0 Å². The summed E-state index contributed by atoms with van der Waals surface area (Å²) >= 11 is 0. The van der Waals surface area contributed by atoms with Crippen LogP contribution < -0.4 is 0 Å². The van der Waals surface area contributed by atoms with Crippen molar-refractivity contribution in [1.29, 1.82) is 0 Å². The Bertz CT molecular complexity index is 1260. The maximum Gasteiger partial charge on any atom is 0.306 e. The fourth-order valence-corrected chi connectivity index (χ4v) is 7.87. The minimum atomic E-state index is -0.801. The first-order valence-electron chi connectivity index (χ1n) is 28.4. The molecule has 0 aliphatic carbocycles. The summed E-state index contributed by atoms with van der Waals surface area (Å²) in [6.45, 7) is 6.55. The van der Waals surface area contributed by atoms with Crippen molar-refractivity contribution < 1.29 is 28.6 Å². The SMILES string of the molecule is CCCCC/C=C\C/C=C\C/C=C\CCCCCCC(=O)O[C@H](COC(=O)CCCC/C=C\C/C=C\C/C=C\CCCCC)COC(=O)CCCCCCCCCCCCCCCCCCC. The van der Waals surface area contributed by atoms with E-state index in [-0.39, 0.29) is 31.1 Å². The van der Waals surface area contributed by atoms with Gasteiger partial charge in [-0.05, 0) is 96.3 Å². The number of carbonyl (C=O) groups is 3. The van der Waals surface area contributed by atoms with E-state index < -0.39 is 6.10 Å². The Morgan fingerprint density at radius 1 is 0.299 bits per heavy atom. The van der Waals surface area contributed by atoms with E-state index in [9.17, 15) is 14.4 Å². The predicted octanol–water partition coefficient (Wildman–Crippen LogP) is 19.0. The van der Waals surface area contributed by atoms with E-state index in [0.29, 0.717) is 19.3 Å². The van der Waals surface area contributed by atoms with Crippen LogP contribution in [0.1, 0.15) is 278 Å². The van der Waals surface area contributed by atoms with E-state index in [0.717, 1.165) is 96.3 Å². The number of unbranched alkanes of at least 4 members (excludes halogenated alkanes) is 28. The molecule has 0 aromatic carbocycles. The van der Waals surface area contributed by atoms with Gasteiger partial charge >= 0.3 is 17.9 Å². The zero-order chi connectivity index (χ0) is 48.6. The molecule has 0 radical (unpaired) electrons. The molecule has 1 atom stereocenters. The zero-order valence-corrected chi connectivity index (χ0v) is 44.2. The summed E-state index contributed by atoms with van der Waals surface area (Å²) in [4.78, 5) is 38.1. The molecule has 6 nitrogen and oxygen atoms in total. The average molecular weight is 936 g/mol. The highest BCUT2D eigenvalue weighted by molar-refractivity contribution is 5.71. The van der Waals surface area contributed by atoms with Gasteiger partial charge in [0.1, 0.15) is 13.2 Å². The maximum absolute atomic E-state index is 12.8. The molecule has 0 aliphatic heterocycles. The molecule has 0 saturated carbocycles. The molecule has 0 N–H and O–H groups in total. The highest BCUT2D eigenvalue weighted by Gasteiger charge is 2.19. The number of ether oxygens (including phenoxy) is 3. The number of hydrogen-bond donors (Lipinski definition) is 0. The predicted molar refractivity (Wildman–Crippen MR) is 288 cm³/mol. The van der Waals surface area contributed by atoms with Crippen molar-refractivity contribution in [2.45, 2.75) is 284 Å². The fourth-order valence-electron chi connectivity index (χ4n) is 7.87. The topological polar surface area (TPSA) is 78.9 Å². The van der Waals surface area contributed by atoms with Crippen LogP contribution >= 0.6 is 0 Å². The van der Waals surface area contributed by atoms with Crippen molar-refractivity contribution in [3.63, 3.8) is 0 Å². The molecule has 0 aromatic rings. The van der Waals surface area contributed by atoms with E-state index >= 15 is 0 Å². The van der Waals surface area contributed by atoms with Crippen molar-refractivity contribution in [3.05, 3.63) is 72.9 Å². The molecule has 0 aromatic heterocycles. The van der Waals surface area contributed by atoms with Crippen LogP contribution in [0.4, 0.5) is 0 Å². The molecular weight excluding hydrogens is 829 g/mol. The fraction of sp³-hybridized carbons (Fsp3) is 0.754. The summed E-state index contributed by atoms with van der Waals surface area (Å²) < 4.78 is 16.8. The summed E-state index contributed by atoms with van der Waals surface area (Å²) in [5.41, 5.74) is 0. The van der Waals surface area contributed by atoms with Crippen LogP contribution in [0.15, 0.2) is 72.9 Å². The lowest BCUT2D eigenvalue weighted by Crippen LogP contribution is -2.30. The first-order valence-corrected chi connectivity index (χ1v) is 28.4. The highest BCUT2D eigenvalue weighted by Crippen LogP contribution is 2.15. The van der Waals surface area contributed by atoms with E-state index in [1.54, 1.807) is 0 Å². The van der Waals surface area contributed by atoms with Gasteiger partial charge in [-0.15, -0.1) is 0 Å². The summed E-state index contributed by atoms with van der Waals surface area (Å²) in [6.07, 6.45) is 70.3. The summed E-state index contributed by atoms with van der Waals surface area (Å²) in [5.74, 6) is -0.948. The summed E-state index contributed by atoms with van der Waals surface area (Å²) in [7, 11) is 0. The van der Waals surface area contributed by atoms with Gasteiger partial charge in [-0.3, -0.25) is 14.4 Å². The third-order valence-corrected chi connectivity index (χ3v) is 12.2. The largest absolute Gasteiger partial charge is 0.462 e. The van der Waals surface area contributed by atoms with Gasteiger partial charge in [0.25, 0.3) is 0 Å². The molecule has 0 unspecified atom stereocenters. The number of rotatable bonds is 51. The van der Waals surface area contributed by atoms with Gasteiger partial charge in [-0.1, -0.05) is 235 Å². The molecule has 67 heavy (non-hydrogen) atoms. The van der Waals surface area contributed by atoms with Crippen LogP contribution in [-0.2, 0) is 28.6 Å². The van der Waals surface area contributed by atoms with Crippen molar-refractivity contribution >= 4 is 17.9 Å². The van der Waals surface area contributed by atoms with E-state index in [1.807, 2.05) is 0 Å². The van der Waals surface area contributed by atoms with E-state index in [4.69, 9.17) is 14.2 Å². The van der Waals surface area contributed by atoms with Crippen LogP contribution in [0.2, 0.25) is 0 Å². The second-order valence-electron chi connectivity index (χ2n) is 18.8. The second-order valence-corrected chi connectivity index (χ2v) is 18.8. The van der Waals surface area contributed by atoms with E-state index in [2.05, 4.69) is 93.7 Å². The van der Waals surface area contributed by atoms with E-state index in [1.165, 1.54) is 141 Å². The van der Waals surface area contributed by atoms with Crippen LogP contribution in [0.5, 0.6) is 0 Å². The molecule has 0 fully saturated rings. The normalized spacial score (nSPS) is 12.6. The molecule has 0 bridgehead atoms. The van der Waals surface area contributed by atoms with Gasteiger partial charge < -0.3 is 14.2 Å². The minimum Gasteiger partial charge on any atom is -0.462 e. The van der Waals surface area contributed by atoms with Gasteiger partial charge in [0, 0.05) is 19.3 Å². The Kier molecular flexibility index (Phi) is 52.8. The molecule has 6 heteroatoms. The standard InChI is InChI=1S/C61H106O6/c1-4-7-10-13-16-19-22-25-28-30-33-36-39-42-45-48-51-54-60(63)66-57-58(56-65-59(62)53-50-47-44-41-38-35-32-27-24-21-18-15-12-9-6-3)67-61(64)55-52-49-46-43-40-37-34-31-29-26-23-20-17-14-11-8-5-2/h17-18,20-21,26-27,29,32,34,37-38,41,58H,4-16,19,22-25,28,30-31,33,35-36,39-40,42-57H2,1-3H3/b20-17-,21-18-,29-26-,32-27-,37-34-,41-38-/t58-/m1/s1. The number of allylic oxidation sites excluding steroid dienone is 12. The van der Waals surface area contributed by atoms with Crippen LogP contribution in [0, 0.1) is 0 Å². The third kappa shape index (κ3) is 53.7. The van der Waals surface area contributed by atoms with Gasteiger partial charge in [-0.2, -0.15) is 0 Å². The number of hydrogen-bond acceptors (Lipinski definition) is 6. The molecule has 0 amide bonds. The number of carbonyl (C=O) groups excluding carboxylic acids is 3. The molecule has 0 spiro atoms. The van der Waals surface area contributed by atoms with Crippen molar-refractivity contribution in [3.8, 4) is 0 Å². The highest BCUT2D eigenvalue weighted by atomic mass is 16.6. The molecule has 0 aliphatic rings. The smallest absolute Gasteiger partial charge is 0.306 e. The number of esters is 3. The molecule has 0 rings (SSSR count). The van der Waals surface area contributed by atoms with Crippen molar-refractivity contribution in [2.75, 3.05) is 13.2 Å². The first kappa shape index (κ1) is 63.8. The quantitative estimate of drug-likeness (QED) is 0.0262. The van der Waals surface area contributed by atoms with Crippen molar-refractivity contribution in [1.82, 2.24) is 0 Å². The van der Waals surface area contributed by atoms with Crippen LogP contribution in [0.3, 0.4) is 0 Å². The second kappa shape index (κ2) is 55.4. The van der Waals surface area contributed by atoms with Gasteiger partial charge in [0.2, 0.25) is 0 Å². The Hall–Kier alpha value is -3.15. The van der Waals surface area contributed by atoms with Gasteiger partial charge in [-0.25, -0.2) is 0 Å². The zero-order valence-electron chi connectivity index (χ0n) is 44.2. The lowest BCUT2D eigenvalue weighted by Gasteiger charge is -2.18. The van der Waals surface area contributed by atoms with Crippen LogP contribution in [0.25, 0.3) is 0 Å². The average Bonchev–Trinajstić information content (AvgIpc) is 3.33. The third-order valence-electron chi connectivity index (χ3n) is 12.2. The maximum atomic E-state index is 12.8. The Morgan fingerprint density at radius 2 is 0.537 bits per heavy atom. The molecule has 0 heterocycles. The summed E-state index contributed by atoms with van der Waals surface area (Å²) in [6, 6.07) is 0. The van der Waals surface area contributed by atoms with Crippen LogP contribution in [-0.4, -0.2) is 37.2 Å².